The zero-order chi connectivity index (χ0) is 21.6. The van der Waals surface area contributed by atoms with Crippen LogP contribution in [0.1, 0.15) is 24.9 Å². The predicted octanol–water partition coefficient (Wildman–Crippen LogP) is 2.90. The van der Waals surface area contributed by atoms with Crippen LogP contribution in [0, 0.1) is 0 Å². The number of alkyl halides is 2. The third kappa shape index (κ3) is 5.74. The highest BCUT2D eigenvalue weighted by atomic mass is 32.2. The molecular formula is C19H20F2N2O5S. The van der Waals surface area contributed by atoms with Crippen molar-refractivity contribution in [3.8, 4) is 5.75 Å². The van der Waals surface area contributed by atoms with Crippen LogP contribution in [0.15, 0.2) is 53.4 Å². The maximum absolute atomic E-state index is 12.9. The number of rotatable bonds is 8. The molecule has 0 radical (unpaired) electrons. The molecule has 1 atom stereocenters. The molecule has 0 aliphatic heterocycles. The molecule has 2 N–H and O–H groups in total. The van der Waals surface area contributed by atoms with E-state index in [1.165, 1.54) is 32.2 Å². The summed E-state index contributed by atoms with van der Waals surface area (Å²) in [7, 11) is -3.39. The first-order valence-corrected chi connectivity index (χ1v) is 10.0. The van der Waals surface area contributed by atoms with Crippen molar-refractivity contribution in [3.63, 3.8) is 0 Å². The second-order valence-electron chi connectivity index (χ2n) is 6.08. The van der Waals surface area contributed by atoms with Gasteiger partial charge in [-0.15, -0.1) is 0 Å². The maximum Gasteiger partial charge on any atom is 0.341 e. The summed E-state index contributed by atoms with van der Waals surface area (Å²) in [6, 6.07) is 10.8. The maximum atomic E-state index is 12.9. The van der Waals surface area contributed by atoms with Gasteiger partial charge in [0.2, 0.25) is 21.7 Å². The highest BCUT2D eigenvalue weighted by Crippen LogP contribution is 2.27. The number of carbonyl (C=O) groups excluding carboxylic acids is 2. The van der Waals surface area contributed by atoms with Crippen molar-refractivity contribution in [2.45, 2.75) is 30.0 Å². The molecule has 2 aromatic carbocycles. The van der Waals surface area contributed by atoms with E-state index >= 15 is 0 Å². The molecule has 29 heavy (non-hydrogen) atoms. The molecule has 0 heterocycles. The number of sulfone groups is 1. The number of ether oxygens (including phenoxy) is 1. The molecule has 2 amide bonds. The fourth-order valence-electron chi connectivity index (χ4n) is 2.63. The van der Waals surface area contributed by atoms with Gasteiger partial charge in [0.25, 0.3) is 0 Å². The number of benzene rings is 2. The van der Waals surface area contributed by atoms with E-state index in [1.807, 2.05) is 0 Å². The zero-order valence-corrected chi connectivity index (χ0v) is 16.5. The summed E-state index contributed by atoms with van der Waals surface area (Å²) in [5.74, 6) is -4.06. The molecule has 156 valence electrons. The van der Waals surface area contributed by atoms with E-state index in [4.69, 9.17) is 4.74 Å². The Labute approximate surface area is 167 Å². The van der Waals surface area contributed by atoms with Crippen LogP contribution in [0.4, 0.5) is 14.5 Å². The van der Waals surface area contributed by atoms with E-state index < -0.39 is 32.4 Å². The Morgan fingerprint density at radius 1 is 1.07 bits per heavy atom. The predicted molar refractivity (Wildman–Crippen MR) is 102 cm³/mol. The summed E-state index contributed by atoms with van der Waals surface area (Å²) in [6.45, 7) is 1.29. The van der Waals surface area contributed by atoms with E-state index in [9.17, 15) is 26.8 Å². The number of anilines is 1. The van der Waals surface area contributed by atoms with Crippen molar-refractivity contribution < 1.29 is 31.5 Å². The third-order valence-corrected chi connectivity index (χ3v) is 5.43. The molecule has 0 saturated carbocycles. The van der Waals surface area contributed by atoms with Gasteiger partial charge in [-0.2, -0.15) is 8.78 Å². The van der Waals surface area contributed by atoms with Crippen LogP contribution in [0.2, 0.25) is 0 Å². The normalized spacial score (nSPS) is 12.3. The second kappa shape index (κ2) is 9.46. The number of methoxy groups -OCH3 is 1. The van der Waals surface area contributed by atoms with Crippen LogP contribution in [0.3, 0.4) is 0 Å². The molecule has 7 nitrogen and oxygen atoms in total. The van der Waals surface area contributed by atoms with Gasteiger partial charge in [0.05, 0.1) is 30.2 Å². The van der Waals surface area contributed by atoms with Crippen LogP contribution >= 0.6 is 0 Å². The third-order valence-electron chi connectivity index (χ3n) is 3.99. The van der Waals surface area contributed by atoms with Crippen LogP contribution in [0.5, 0.6) is 5.75 Å². The molecule has 0 aliphatic rings. The number of carbonyl (C=O) groups is 2. The lowest BCUT2D eigenvalue weighted by Crippen LogP contribution is -2.30. The summed E-state index contributed by atoms with van der Waals surface area (Å²) in [4.78, 5) is 23.3. The van der Waals surface area contributed by atoms with Crippen molar-refractivity contribution in [1.82, 2.24) is 5.32 Å². The summed E-state index contributed by atoms with van der Waals surface area (Å²) in [5.41, 5.74) is 0.360. The van der Waals surface area contributed by atoms with E-state index in [0.717, 1.165) is 6.07 Å². The topological polar surface area (TPSA) is 102 Å². The lowest BCUT2D eigenvalue weighted by atomic mass is 10.0. The summed E-state index contributed by atoms with van der Waals surface area (Å²) in [5, 5.41) is 4.97. The Kier molecular flexibility index (Phi) is 7.27. The highest BCUT2D eigenvalue weighted by molar-refractivity contribution is 7.91. The molecule has 0 aromatic heterocycles. The molecule has 0 bridgehead atoms. The molecule has 2 aromatic rings. The van der Waals surface area contributed by atoms with Crippen molar-refractivity contribution in [2.75, 3.05) is 12.4 Å². The molecule has 0 fully saturated rings. The SMILES string of the molecule is COc1ccc(C(CC(=O)Nc2ccccc2S(=O)(=O)C(F)F)NC(C)=O)cc1. The van der Waals surface area contributed by atoms with Crippen LogP contribution in [0.25, 0.3) is 0 Å². The van der Waals surface area contributed by atoms with Gasteiger partial charge in [-0.05, 0) is 29.8 Å². The lowest BCUT2D eigenvalue weighted by molar-refractivity contribution is -0.120. The van der Waals surface area contributed by atoms with Crippen LogP contribution in [-0.4, -0.2) is 33.1 Å². The Bertz CT molecular complexity index is 978. The number of halogens is 2. The Hall–Kier alpha value is -3.01. The number of amides is 2. The molecule has 0 saturated heterocycles. The Morgan fingerprint density at radius 3 is 2.24 bits per heavy atom. The molecule has 0 spiro atoms. The van der Waals surface area contributed by atoms with Gasteiger partial charge < -0.3 is 15.4 Å². The smallest absolute Gasteiger partial charge is 0.341 e. The fourth-order valence-corrected chi connectivity index (χ4v) is 3.52. The van der Waals surface area contributed by atoms with Crippen molar-refractivity contribution in [3.05, 3.63) is 54.1 Å². The standard InChI is InChI=1S/C19H20F2N2O5S/c1-12(24)22-16(13-7-9-14(28-2)10-8-13)11-18(25)23-15-5-3-4-6-17(15)29(26,27)19(20)21/h3-10,16,19H,11H2,1-2H3,(H,22,24)(H,23,25). The summed E-state index contributed by atoms with van der Waals surface area (Å²) in [6.07, 6.45) is -0.241. The first kappa shape index (κ1) is 22.3. The molecule has 2 rings (SSSR count). The van der Waals surface area contributed by atoms with Gasteiger partial charge in [0, 0.05) is 6.92 Å². The first-order valence-electron chi connectivity index (χ1n) is 8.47. The first-order chi connectivity index (χ1) is 13.6. The average molecular weight is 426 g/mol. The van der Waals surface area contributed by atoms with Gasteiger partial charge in [-0.3, -0.25) is 9.59 Å². The lowest BCUT2D eigenvalue weighted by Gasteiger charge is -2.19. The van der Waals surface area contributed by atoms with E-state index in [-0.39, 0.29) is 18.0 Å². The fraction of sp³-hybridized carbons (Fsp3) is 0.263. The van der Waals surface area contributed by atoms with Crippen molar-refractivity contribution in [2.24, 2.45) is 0 Å². The molecule has 0 aliphatic carbocycles. The molecule has 10 heteroatoms. The Balaban J connectivity index is 2.24. The summed E-state index contributed by atoms with van der Waals surface area (Å²) < 4.78 is 54.5. The average Bonchev–Trinajstić information content (AvgIpc) is 2.67. The van der Waals surface area contributed by atoms with Crippen molar-refractivity contribution >= 4 is 27.3 Å². The van der Waals surface area contributed by atoms with Crippen molar-refractivity contribution in [1.29, 1.82) is 0 Å². The van der Waals surface area contributed by atoms with E-state index in [0.29, 0.717) is 11.3 Å². The minimum Gasteiger partial charge on any atom is -0.497 e. The quantitative estimate of drug-likeness (QED) is 0.676. The van der Waals surface area contributed by atoms with Crippen LogP contribution < -0.4 is 15.4 Å². The number of hydrogen-bond acceptors (Lipinski definition) is 5. The molecule has 1 unspecified atom stereocenters. The number of hydrogen-bond donors (Lipinski definition) is 2. The molecular weight excluding hydrogens is 406 g/mol. The van der Waals surface area contributed by atoms with Gasteiger partial charge in [-0.1, -0.05) is 24.3 Å². The monoisotopic (exact) mass is 426 g/mol. The van der Waals surface area contributed by atoms with Gasteiger partial charge in [0.15, 0.2) is 0 Å². The van der Waals surface area contributed by atoms with Gasteiger partial charge in [0.1, 0.15) is 5.75 Å². The van der Waals surface area contributed by atoms with E-state index in [2.05, 4.69) is 10.6 Å². The number of para-hydroxylation sites is 1. The highest BCUT2D eigenvalue weighted by Gasteiger charge is 2.29. The zero-order valence-electron chi connectivity index (χ0n) is 15.7. The van der Waals surface area contributed by atoms with Crippen LogP contribution in [-0.2, 0) is 19.4 Å². The number of nitrogens with one attached hydrogen (secondary N) is 2. The minimum atomic E-state index is -4.89. The Morgan fingerprint density at radius 2 is 1.69 bits per heavy atom. The summed E-state index contributed by atoms with van der Waals surface area (Å²) >= 11 is 0. The largest absolute Gasteiger partial charge is 0.497 e. The van der Waals surface area contributed by atoms with E-state index in [1.54, 1.807) is 24.3 Å². The minimum absolute atomic E-state index is 0.241. The van der Waals surface area contributed by atoms with Gasteiger partial charge in [-0.25, -0.2) is 8.42 Å². The second-order valence-corrected chi connectivity index (χ2v) is 7.97. The van der Waals surface area contributed by atoms with Gasteiger partial charge >= 0.3 is 5.76 Å².